The maximum Gasteiger partial charge on any atom is 0.240 e. The molecule has 114 valence electrons. The predicted molar refractivity (Wildman–Crippen MR) is 86.1 cm³/mol. The summed E-state index contributed by atoms with van der Waals surface area (Å²) in [6.07, 6.45) is 0.573. The second-order valence-electron chi connectivity index (χ2n) is 4.96. The highest BCUT2D eigenvalue weighted by atomic mass is 32.2. The molecule has 0 spiro atoms. The molecule has 0 aliphatic carbocycles. The van der Waals surface area contributed by atoms with Gasteiger partial charge in [0.1, 0.15) is 0 Å². The summed E-state index contributed by atoms with van der Waals surface area (Å²) in [4.78, 5) is 4.51. The lowest BCUT2D eigenvalue weighted by Gasteiger charge is -2.10. The minimum atomic E-state index is -3.54. The number of nitrogens with two attached hydrogens (primary N) is 1. The van der Waals surface area contributed by atoms with Crippen LogP contribution in [0, 0.1) is 20.8 Å². The number of aromatic nitrogens is 1. The summed E-state index contributed by atoms with van der Waals surface area (Å²) in [7, 11) is -3.54. The second-order valence-corrected chi connectivity index (χ2v) is 7.79. The molecule has 0 radical (unpaired) electrons. The molecule has 0 amide bonds. The van der Waals surface area contributed by atoms with E-state index in [1.165, 1.54) is 6.07 Å². The maximum absolute atomic E-state index is 12.3. The molecule has 1 aromatic carbocycles. The van der Waals surface area contributed by atoms with Gasteiger partial charge in [0.15, 0.2) is 0 Å². The first-order valence-corrected chi connectivity index (χ1v) is 8.93. The van der Waals surface area contributed by atoms with Gasteiger partial charge in [-0.2, -0.15) is 0 Å². The third-order valence-electron chi connectivity index (χ3n) is 3.33. The van der Waals surface area contributed by atoms with Gasteiger partial charge in [-0.3, -0.25) is 0 Å². The lowest BCUT2D eigenvalue weighted by molar-refractivity contribution is 0.581. The van der Waals surface area contributed by atoms with Gasteiger partial charge < -0.3 is 5.73 Å². The van der Waals surface area contributed by atoms with Crippen molar-refractivity contribution in [3.05, 3.63) is 39.3 Å². The molecule has 0 aliphatic rings. The standard InChI is InChI=1S/C14H19N3O2S2/c1-9-6-13(7-14(15)10(9)2)21(18,19)16-5-4-12-8-20-11(3)17-12/h6-8,16H,4-5,15H2,1-3H3. The van der Waals surface area contributed by atoms with Crippen LogP contribution < -0.4 is 10.5 Å². The van der Waals surface area contributed by atoms with Crippen LogP contribution in [-0.2, 0) is 16.4 Å². The van der Waals surface area contributed by atoms with Gasteiger partial charge in [0, 0.05) is 24.0 Å². The molecular weight excluding hydrogens is 306 g/mol. The smallest absolute Gasteiger partial charge is 0.240 e. The van der Waals surface area contributed by atoms with Gasteiger partial charge in [-0.05, 0) is 44.0 Å². The van der Waals surface area contributed by atoms with Gasteiger partial charge in [0.25, 0.3) is 0 Å². The number of hydrogen-bond acceptors (Lipinski definition) is 5. The van der Waals surface area contributed by atoms with E-state index in [0.717, 1.165) is 21.8 Å². The van der Waals surface area contributed by atoms with Crippen molar-refractivity contribution < 1.29 is 8.42 Å². The SMILES string of the molecule is Cc1nc(CCNS(=O)(=O)c2cc(C)c(C)c(N)c2)cs1. The molecule has 5 nitrogen and oxygen atoms in total. The third kappa shape index (κ3) is 3.81. The highest BCUT2D eigenvalue weighted by molar-refractivity contribution is 7.89. The molecule has 0 bridgehead atoms. The Hall–Kier alpha value is -1.44. The number of rotatable bonds is 5. The fraction of sp³-hybridized carbons (Fsp3) is 0.357. The summed E-state index contributed by atoms with van der Waals surface area (Å²) in [6, 6.07) is 3.14. The normalized spacial score (nSPS) is 11.8. The molecule has 0 unspecified atom stereocenters. The molecule has 7 heteroatoms. The predicted octanol–water partition coefficient (Wildman–Crippen LogP) is 2.17. The Kier molecular flexibility index (Phi) is 4.65. The molecule has 3 N–H and O–H groups in total. The van der Waals surface area contributed by atoms with Crippen molar-refractivity contribution in [3.63, 3.8) is 0 Å². The molecule has 2 rings (SSSR count). The van der Waals surface area contributed by atoms with Crippen molar-refractivity contribution >= 4 is 27.0 Å². The Morgan fingerprint density at radius 2 is 2.00 bits per heavy atom. The molecule has 21 heavy (non-hydrogen) atoms. The van der Waals surface area contributed by atoms with Crippen molar-refractivity contribution in [3.8, 4) is 0 Å². The zero-order valence-corrected chi connectivity index (χ0v) is 13.9. The van der Waals surface area contributed by atoms with Crippen LogP contribution in [0.3, 0.4) is 0 Å². The Morgan fingerprint density at radius 1 is 1.29 bits per heavy atom. The Balaban J connectivity index is 2.08. The van der Waals surface area contributed by atoms with Gasteiger partial charge in [0.05, 0.1) is 15.6 Å². The van der Waals surface area contributed by atoms with E-state index in [0.29, 0.717) is 18.7 Å². The topological polar surface area (TPSA) is 85.1 Å². The van der Waals surface area contributed by atoms with Crippen molar-refractivity contribution in [1.82, 2.24) is 9.71 Å². The van der Waals surface area contributed by atoms with E-state index in [9.17, 15) is 8.42 Å². The first-order chi connectivity index (χ1) is 9.79. The van der Waals surface area contributed by atoms with Gasteiger partial charge in [0.2, 0.25) is 10.0 Å². The Labute approximate surface area is 129 Å². The number of anilines is 1. The fourth-order valence-corrected chi connectivity index (χ4v) is 3.73. The zero-order valence-electron chi connectivity index (χ0n) is 12.3. The zero-order chi connectivity index (χ0) is 15.6. The first kappa shape index (κ1) is 15.9. The van der Waals surface area contributed by atoms with Crippen LogP contribution in [-0.4, -0.2) is 19.9 Å². The van der Waals surface area contributed by atoms with Crippen LogP contribution in [0.5, 0.6) is 0 Å². The number of nitrogens with zero attached hydrogens (tertiary/aromatic N) is 1. The fourth-order valence-electron chi connectivity index (χ4n) is 1.93. The molecule has 0 aliphatic heterocycles. The van der Waals surface area contributed by atoms with Gasteiger partial charge in [-0.25, -0.2) is 18.1 Å². The summed E-state index contributed by atoms with van der Waals surface area (Å²) in [6.45, 7) is 5.97. The molecule has 0 saturated carbocycles. The quantitative estimate of drug-likeness (QED) is 0.825. The second kappa shape index (κ2) is 6.13. The monoisotopic (exact) mass is 325 g/mol. The molecule has 2 aromatic rings. The number of sulfonamides is 1. The molecule has 0 atom stereocenters. The van der Waals surface area contributed by atoms with E-state index >= 15 is 0 Å². The van der Waals surface area contributed by atoms with Crippen LogP contribution in [0.2, 0.25) is 0 Å². The van der Waals surface area contributed by atoms with Gasteiger partial charge in [-0.15, -0.1) is 11.3 Å². The molecule has 0 fully saturated rings. The lowest BCUT2D eigenvalue weighted by atomic mass is 10.1. The van der Waals surface area contributed by atoms with Gasteiger partial charge in [-0.1, -0.05) is 0 Å². The minimum Gasteiger partial charge on any atom is -0.398 e. The van der Waals surface area contributed by atoms with Crippen molar-refractivity contribution in [2.24, 2.45) is 0 Å². The Morgan fingerprint density at radius 3 is 2.57 bits per heavy atom. The number of hydrogen-bond donors (Lipinski definition) is 2. The third-order valence-corrected chi connectivity index (χ3v) is 5.59. The van der Waals surface area contributed by atoms with Crippen molar-refractivity contribution in [1.29, 1.82) is 0 Å². The average Bonchev–Trinajstić information content (AvgIpc) is 2.81. The molecule has 1 heterocycles. The van der Waals surface area contributed by atoms with Crippen LogP contribution in [0.1, 0.15) is 21.8 Å². The van der Waals surface area contributed by atoms with Crippen LogP contribution >= 0.6 is 11.3 Å². The van der Waals surface area contributed by atoms with E-state index in [1.807, 2.05) is 26.2 Å². The maximum atomic E-state index is 12.3. The van der Waals surface area contributed by atoms with Crippen LogP contribution in [0.25, 0.3) is 0 Å². The summed E-state index contributed by atoms with van der Waals surface area (Å²) < 4.78 is 27.1. The largest absolute Gasteiger partial charge is 0.398 e. The number of benzene rings is 1. The van der Waals surface area contributed by atoms with E-state index < -0.39 is 10.0 Å². The molecule has 1 aromatic heterocycles. The molecular formula is C14H19N3O2S2. The van der Waals surface area contributed by atoms with E-state index in [4.69, 9.17) is 5.73 Å². The van der Waals surface area contributed by atoms with Crippen LogP contribution in [0.4, 0.5) is 5.69 Å². The molecule has 0 saturated heterocycles. The number of thiazole rings is 1. The number of aryl methyl sites for hydroxylation is 2. The highest BCUT2D eigenvalue weighted by Gasteiger charge is 2.16. The van der Waals surface area contributed by atoms with Crippen molar-refractivity contribution in [2.45, 2.75) is 32.1 Å². The van der Waals surface area contributed by atoms with E-state index in [2.05, 4.69) is 9.71 Å². The lowest BCUT2D eigenvalue weighted by Crippen LogP contribution is -2.26. The Bertz CT molecular complexity index is 728. The van der Waals surface area contributed by atoms with E-state index in [-0.39, 0.29) is 4.90 Å². The number of nitrogen functional groups attached to an aromatic ring is 1. The summed E-state index contributed by atoms with van der Waals surface area (Å²) in [5, 5.41) is 2.92. The van der Waals surface area contributed by atoms with Crippen molar-refractivity contribution in [2.75, 3.05) is 12.3 Å². The summed E-state index contributed by atoms with van der Waals surface area (Å²) in [5.41, 5.74) is 9.01. The summed E-state index contributed by atoms with van der Waals surface area (Å²) in [5.74, 6) is 0. The average molecular weight is 325 g/mol. The number of nitrogens with one attached hydrogen (secondary N) is 1. The van der Waals surface area contributed by atoms with Crippen LogP contribution in [0.15, 0.2) is 22.4 Å². The minimum absolute atomic E-state index is 0.206. The van der Waals surface area contributed by atoms with Gasteiger partial charge >= 0.3 is 0 Å². The van der Waals surface area contributed by atoms with E-state index in [1.54, 1.807) is 17.4 Å². The summed E-state index contributed by atoms with van der Waals surface area (Å²) >= 11 is 1.56. The first-order valence-electron chi connectivity index (χ1n) is 6.57. The highest BCUT2D eigenvalue weighted by Crippen LogP contribution is 2.21.